The quantitative estimate of drug-likeness (QED) is 0.874. The number of nitrogens with zero attached hydrogens (tertiary/aromatic N) is 3. The van der Waals surface area contributed by atoms with Gasteiger partial charge in [0.05, 0.1) is 12.3 Å². The normalized spacial score (nSPS) is 12.8. The van der Waals surface area contributed by atoms with Crippen LogP contribution in [0.3, 0.4) is 0 Å². The Kier molecular flexibility index (Phi) is 2.84. The predicted molar refractivity (Wildman–Crippen MR) is 51.9 cm³/mol. The first-order valence-corrected chi connectivity index (χ1v) is 4.74. The van der Waals surface area contributed by atoms with Gasteiger partial charge in [0.2, 0.25) is 0 Å². The van der Waals surface area contributed by atoms with E-state index in [-0.39, 0.29) is 5.69 Å². The van der Waals surface area contributed by atoms with Crippen molar-refractivity contribution in [1.82, 2.24) is 15.0 Å². The maximum atomic E-state index is 13.4. The Bertz CT molecular complexity index is 530. The SMILES string of the molecule is CC(O)c1cn(-c2c(F)cc(F)cc2F)nn1. The van der Waals surface area contributed by atoms with Gasteiger partial charge >= 0.3 is 0 Å². The van der Waals surface area contributed by atoms with Crippen molar-refractivity contribution in [1.29, 1.82) is 0 Å². The molecule has 1 heterocycles. The Labute approximate surface area is 94.3 Å². The Morgan fingerprint density at radius 3 is 2.29 bits per heavy atom. The van der Waals surface area contributed by atoms with Gasteiger partial charge in [-0.1, -0.05) is 5.21 Å². The molecule has 0 saturated heterocycles. The summed E-state index contributed by atoms with van der Waals surface area (Å²) in [6.07, 6.45) is 0.264. The van der Waals surface area contributed by atoms with E-state index in [1.807, 2.05) is 0 Å². The molecule has 0 radical (unpaired) electrons. The minimum absolute atomic E-state index is 0.160. The molecule has 1 N–H and O–H groups in total. The largest absolute Gasteiger partial charge is 0.387 e. The molecule has 4 nitrogen and oxygen atoms in total. The van der Waals surface area contributed by atoms with E-state index in [1.54, 1.807) is 0 Å². The fourth-order valence-electron chi connectivity index (χ4n) is 1.33. The van der Waals surface area contributed by atoms with Crippen molar-refractivity contribution in [3.63, 3.8) is 0 Å². The molecule has 0 aliphatic rings. The van der Waals surface area contributed by atoms with Crippen LogP contribution in [0.1, 0.15) is 18.7 Å². The molecule has 7 heteroatoms. The van der Waals surface area contributed by atoms with Crippen LogP contribution in [0.25, 0.3) is 5.69 Å². The molecule has 90 valence electrons. The van der Waals surface area contributed by atoms with Crippen LogP contribution < -0.4 is 0 Å². The van der Waals surface area contributed by atoms with Crippen molar-refractivity contribution in [2.75, 3.05) is 0 Å². The fraction of sp³-hybridized carbons (Fsp3) is 0.200. The molecule has 0 amide bonds. The second-order valence-electron chi connectivity index (χ2n) is 3.48. The Balaban J connectivity index is 2.52. The Hall–Kier alpha value is -1.89. The molecule has 1 unspecified atom stereocenters. The minimum Gasteiger partial charge on any atom is -0.387 e. The van der Waals surface area contributed by atoms with E-state index in [2.05, 4.69) is 10.3 Å². The lowest BCUT2D eigenvalue weighted by atomic mass is 10.2. The number of hydrogen-bond donors (Lipinski definition) is 1. The van der Waals surface area contributed by atoms with Gasteiger partial charge in [-0.15, -0.1) is 5.10 Å². The van der Waals surface area contributed by atoms with Crippen molar-refractivity contribution in [3.05, 3.63) is 41.5 Å². The average Bonchev–Trinajstić information content (AvgIpc) is 2.65. The summed E-state index contributed by atoms with van der Waals surface area (Å²) >= 11 is 0. The van der Waals surface area contributed by atoms with E-state index in [0.717, 1.165) is 4.68 Å². The molecule has 0 aliphatic heterocycles. The second kappa shape index (κ2) is 4.17. The smallest absolute Gasteiger partial charge is 0.154 e. The molecule has 2 rings (SSSR count). The number of halogens is 3. The molecule has 0 saturated carbocycles. The van der Waals surface area contributed by atoms with Gasteiger partial charge in [-0.3, -0.25) is 0 Å². The van der Waals surface area contributed by atoms with Crippen molar-refractivity contribution >= 4 is 0 Å². The summed E-state index contributed by atoms with van der Waals surface area (Å²) in [7, 11) is 0. The van der Waals surface area contributed by atoms with Crippen molar-refractivity contribution in [2.24, 2.45) is 0 Å². The summed E-state index contributed by atoms with van der Waals surface area (Å²) in [4.78, 5) is 0. The van der Waals surface area contributed by atoms with Gasteiger partial charge in [0.25, 0.3) is 0 Å². The lowest BCUT2D eigenvalue weighted by Crippen LogP contribution is -2.03. The van der Waals surface area contributed by atoms with E-state index < -0.39 is 29.2 Å². The highest BCUT2D eigenvalue weighted by molar-refractivity contribution is 5.34. The lowest BCUT2D eigenvalue weighted by molar-refractivity contribution is 0.194. The molecule has 0 spiro atoms. The third-order valence-electron chi connectivity index (χ3n) is 2.15. The molecule has 1 aromatic carbocycles. The molecular formula is C10H8F3N3O. The van der Waals surface area contributed by atoms with Gasteiger partial charge in [-0.05, 0) is 6.92 Å². The molecule has 1 aromatic heterocycles. The van der Waals surface area contributed by atoms with Crippen LogP contribution >= 0.6 is 0 Å². The maximum absolute atomic E-state index is 13.4. The number of benzene rings is 1. The zero-order valence-electron chi connectivity index (χ0n) is 8.73. The highest BCUT2D eigenvalue weighted by Gasteiger charge is 2.16. The number of hydrogen-bond acceptors (Lipinski definition) is 3. The van der Waals surface area contributed by atoms with Crippen LogP contribution in [0.4, 0.5) is 13.2 Å². The molecule has 0 fully saturated rings. The molecule has 0 aliphatic carbocycles. The van der Waals surface area contributed by atoms with Crippen molar-refractivity contribution in [2.45, 2.75) is 13.0 Å². The van der Waals surface area contributed by atoms with Crippen LogP contribution in [0.2, 0.25) is 0 Å². The van der Waals surface area contributed by atoms with Gasteiger partial charge in [-0.2, -0.15) is 0 Å². The van der Waals surface area contributed by atoms with Gasteiger partial charge < -0.3 is 5.11 Å². The number of aliphatic hydroxyl groups excluding tert-OH is 1. The van der Waals surface area contributed by atoms with Crippen LogP contribution in [0.15, 0.2) is 18.3 Å². The first-order chi connectivity index (χ1) is 7.99. The summed E-state index contributed by atoms with van der Waals surface area (Å²) < 4.78 is 40.3. The number of rotatable bonds is 2. The Morgan fingerprint density at radius 1 is 1.24 bits per heavy atom. The third-order valence-corrected chi connectivity index (χ3v) is 2.15. The minimum atomic E-state index is -1.09. The number of aromatic nitrogens is 3. The summed E-state index contributed by atoms with van der Waals surface area (Å²) in [5.74, 6) is -3.20. The molecule has 0 bridgehead atoms. The Morgan fingerprint density at radius 2 is 1.82 bits per heavy atom. The first-order valence-electron chi connectivity index (χ1n) is 4.74. The molecule has 2 aromatic rings. The topological polar surface area (TPSA) is 50.9 Å². The third kappa shape index (κ3) is 2.14. The fourth-order valence-corrected chi connectivity index (χ4v) is 1.33. The summed E-state index contributed by atoms with van der Waals surface area (Å²) in [6.45, 7) is 1.44. The van der Waals surface area contributed by atoms with Crippen LogP contribution in [0.5, 0.6) is 0 Å². The number of aliphatic hydroxyl groups is 1. The highest BCUT2D eigenvalue weighted by Crippen LogP contribution is 2.19. The van der Waals surface area contributed by atoms with Crippen molar-refractivity contribution in [3.8, 4) is 5.69 Å². The van der Waals surface area contributed by atoms with Gasteiger partial charge in [0, 0.05) is 12.1 Å². The predicted octanol–water partition coefficient (Wildman–Crippen LogP) is 1.74. The monoisotopic (exact) mass is 243 g/mol. The van der Waals surface area contributed by atoms with Crippen LogP contribution in [0, 0.1) is 17.5 Å². The summed E-state index contributed by atoms with van der Waals surface area (Å²) in [5, 5.41) is 16.2. The zero-order chi connectivity index (χ0) is 12.6. The first kappa shape index (κ1) is 11.6. The van der Waals surface area contributed by atoms with E-state index in [4.69, 9.17) is 0 Å². The molecule has 1 atom stereocenters. The molecular weight excluding hydrogens is 235 g/mol. The molecule has 17 heavy (non-hydrogen) atoms. The maximum Gasteiger partial charge on any atom is 0.154 e. The van der Waals surface area contributed by atoms with E-state index in [0.29, 0.717) is 12.1 Å². The highest BCUT2D eigenvalue weighted by atomic mass is 19.1. The van der Waals surface area contributed by atoms with Crippen LogP contribution in [-0.4, -0.2) is 20.1 Å². The van der Waals surface area contributed by atoms with Gasteiger partial charge in [0.15, 0.2) is 11.6 Å². The second-order valence-corrected chi connectivity index (χ2v) is 3.48. The van der Waals surface area contributed by atoms with Gasteiger partial charge in [0.1, 0.15) is 17.2 Å². The zero-order valence-corrected chi connectivity index (χ0v) is 8.73. The lowest BCUT2D eigenvalue weighted by Gasteiger charge is -2.03. The summed E-state index contributed by atoms with van der Waals surface area (Å²) in [6, 6.07) is 1.09. The standard InChI is InChI=1S/C10H8F3N3O/c1-5(17)9-4-16(15-14-9)10-7(12)2-6(11)3-8(10)13/h2-5,17H,1H3. The van der Waals surface area contributed by atoms with Gasteiger partial charge in [-0.25, -0.2) is 17.9 Å². The van der Waals surface area contributed by atoms with E-state index >= 15 is 0 Å². The van der Waals surface area contributed by atoms with Crippen LogP contribution in [-0.2, 0) is 0 Å². The average molecular weight is 243 g/mol. The van der Waals surface area contributed by atoms with E-state index in [9.17, 15) is 18.3 Å². The van der Waals surface area contributed by atoms with E-state index in [1.165, 1.54) is 13.1 Å². The summed E-state index contributed by atoms with van der Waals surface area (Å²) in [5.41, 5.74) is -0.376. The van der Waals surface area contributed by atoms with Crippen molar-refractivity contribution < 1.29 is 18.3 Å².